The van der Waals surface area contributed by atoms with Gasteiger partial charge in [0, 0.05) is 19.1 Å². The lowest BCUT2D eigenvalue weighted by atomic mass is 9.95. The maximum atomic E-state index is 12.9. The Morgan fingerprint density at radius 3 is 2.87 bits per heavy atom. The molecule has 23 heavy (non-hydrogen) atoms. The molecule has 2 unspecified atom stereocenters. The molecule has 3 N–H and O–H groups in total. The van der Waals surface area contributed by atoms with E-state index in [1.54, 1.807) is 0 Å². The second kappa shape index (κ2) is 6.10. The number of piperidine rings is 1. The van der Waals surface area contributed by atoms with Crippen molar-refractivity contribution in [3.8, 4) is 5.75 Å². The van der Waals surface area contributed by atoms with Gasteiger partial charge in [-0.25, -0.2) is 8.42 Å². The summed E-state index contributed by atoms with van der Waals surface area (Å²) >= 11 is 0. The van der Waals surface area contributed by atoms with Gasteiger partial charge in [-0.05, 0) is 43.5 Å². The lowest BCUT2D eigenvalue weighted by Gasteiger charge is -2.34. The van der Waals surface area contributed by atoms with Crippen molar-refractivity contribution in [3.05, 3.63) is 23.8 Å². The predicted molar refractivity (Wildman–Crippen MR) is 84.8 cm³/mol. The molecule has 0 spiro atoms. The SMILES string of the molecule is COc1ccc(S(=O)(=O)N2CCC3NCCC3C2)cc1C(N)=O. The van der Waals surface area contributed by atoms with Gasteiger partial charge in [0.1, 0.15) is 5.75 Å². The number of sulfonamides is 1. The summed E-state index contributed by atoms with van der Waals surface area (Å²) in [5, 5.41) is 3.41. The number of ether oxygens (including phenoxy) is 1. The summed E-state index contributed by atoms with van der Waals surface area (Å²) in [5.74, 6) is -0.0832. The smallest absolute Gasteiger partial charge is 0.252 e. The molecule has 7 nitrogen and oxygen atoms in total. The highest BCUT2D eigenvalue weighted by Crippen LogP contribution is 2.30. The maximum Gasteiger partial charge on any atom is 0.252 e. The van der Waals surface area contributed by atoms with Gasteiger partial charge < -0.3 is 15.8 Å². The molecule has 1 aromatic carbocycles. The van der Waals surface area contributed by atoms with Crippen LogP contribution in [-0.4, -0.2) is 51.4 Å². The number of benzene rings is 1. The Bertz CT molecular complexity index is 719. The zero-order valence-corrected chi connectivity index (χ0v) is 13.8. The van der Waals surface area contributed by atoms with E-state index in [0.29, 0.717) is 25.0 Å². The van der Waals surface area contributed by atoms with Crippen LogP contribution in [0.15, 0.2) is 23.1 Å². The molecule has 126 valence electrons. The largest absolute Gasteiger partial charge is 0.496 e. The molecule has 0 saturated carbocycles. The lowest BCUT2D eigenvalue weighted by molar-refractivity contribution is 0.0997. The van der Waals surface area contributed by atoms with Crippen molar-refractivity contribution < 1.29 is 17.9 Å². The number of hydrogen-bond acceptors (Lipinski definition) is 5. The number of carbonyl (C=O) groups excluding carboxylic acids is 1. The van der Waals surface area contributed by atoms with Crippen molar-refractivity contribution in [2.45, 2.75) is 23.8 Å². The molecule has 2 heterocycles. The van der Waals surface area contributed by atoms with Crippen LogP contribution in [0.25, 0.3) is 0 Å². The first-order valence-corrected chi connectivity index (χ1v) is 9.09. The Balaban J connectivity index is 1.90. The summed E-state index contributed by atoms with van der Waals surface area (Å²) in [4.78, 5) is 11.6. The van der Waals surface area contributed by atoms with Crippen LogP contribution in [0.1, 0.15) is 23.2 Å². The number of nitrogens with two attached hydrogens (primary N) is 1. The molecule has 2 fully saturated rings. The van der Waals surface area contributed by atoms with Gasteiger partial charge in [-0.15, -0.1) is 0 Å². The van der Waals surface area contributed by atoms with Crippen LogP contribution in [0.2, 0.25) is 0 Å². The number of primary amides is 1. The molecule has 0 aromatic heterocycles. The average Bonchev–Trinajstić information content (AvgIpc) is 3.01. The van der Waals surface area contributed by atoms with E-state index in [1.807, 2.05) is 0 Å². The number of carbonyl (C=O) groups is 1. The average molecular weight is 339 g/mol. The van der Waals surface area contributed by atoms with Gasteiger partial charge in [0.25, 0.3) is 5.91 Å². The molecule has 2 aliphatic heterocycles. The molecule has 8 heteroatoms. The molecule has 0 aliphatic carbocycles. The van der Waals surface area contributed by atoms with Gasteiger partial charge in [-0.3, -0.25) is 4.79 Å². The standard InChI is InChI=1S/C15H21N3O4S/c1-22-14-3-2-11(8-12(14)15(16)19)23(20,21)18-7-5-13-10(9-18)4-6-17-13/h2-3,8,10,13,17H,4-7,9H2,1H3,(H2,16,19). The minimum Gasteiger partial charge on any atom is -0.496 e. The fourth-order valence-electron chi connectivity index (χ4n) is 3.42. The van der Waals surface area contributed by atoms with Crippen LogP contribution in [0.5, 0.6) is 5.75 Å². The van der Waals surface area contributed by atoms with Gasteiger partial charge in [0.2, 0.25) is 10.0 Å². The Morgan fingerprint density at radius 1 is 1.39 bits per heavy atom. The number of nitrogens with one attached hydrogen (secondary N) is 1. The molecule has 0 bridgehead atoms. The Morgan fingerprint density at radius 2 is 2.17 bits per heavy atom. The van der Waals surface area contributed by atoms with Gasteiger partial charge in [0.15, 0.2) is 0 Å². The molecular formula is C15H21N3O4S. The van der Waals surface area contributed by atoms with Crippen molar-refractivity contribution in [3.63, 3.8) is 0 Å². The molecular weight excluding hydrogens is 318 g/mol. The van der Waals surface area contributed by atoms with Gasteiger partial charge in [-0.1, -0.05) is 0 Å². The zero-order chi connectivity index (χ0) is 16.6. The van der Waals surface area contributed by atoms with Crippen LogP contribution < -0.4 is 15.8 Å². The fraction of sp³-hybridized carbons (Fsp3) is 0.533. The van der Waals surface area contributed by atoms with Crippen molar-refractivity contribution in [2.75, 3.05) is 26.7 Å². The minimum absolute atomic E-state index is 0.0750. The number of methoxy groups -OCH3 is 1. The quantitative estimate of drug-likeness (QED) is 0.814. The number of fused-ring (bicyclic) bond motifs is 1. The molecule has 3 rings (SSSR count). The number of rotatable bonds is 4. The van der Waals surface area contributed by atoms with E-state index >= 15 is 0 Å². The Hall–Kier alpha value is -1.64. The molecule has 1 amide bonds. The summed E-state index contributed by atoms with van der Waals surface area (Å²) in [5.41, 5.74) is 5.39. The third-order valence-electron chi connectivity index (χ3n) is 4.69. The highest BCUT2D eigenvalue weighted by atomic mass is 32.2. The van der Waals surface area contributed by atoms with E-state index in [-0.39, 0.29) is 16.2 Å². The van der Waals surface area contributed by atoms with Crippen molar-refractivity contribution in [1.82, 2.24) is 9.62 Å². The van der Waals surface area contributed by atoms with Crippen molar-refractivity contribution in [2.24, 2.45) is 11.7 Å². The van der Waals surface area contributed by atoms with Crippen molar-refractivity contribution >= 4 is 15.9 Å². The lowest BCUT2D eigenvalue weighted by Crippen LogP contribution is -2.46. The van der Waals surface area contributed by atoms with Crippen LogP contribution in [0.3, 0.4) is 0 Å². The summed E-state index contributed by atoms with van der Waals surface area (Å²) in [6.07, 6.45) is 1.80. The first kappa shape index (κ1) is 16.2. The first-order chi connectivity index (χ1) is 10.9. The monoisotopic (exact) mass is 339 g/mol. The normalized spacial score (nSPS) is 25.1. The molecule has 2 atom stereocenters. The highest BCUT2D eigenvalue weighted by Gasteiger charge is 2.37. The van der Waals surface area contributed by atoms with E-state index in [1.165, 1.54) is 29.6 Å². The summed E-state index contributed by atoms with van der Waals surface area (Å²) in [6.45, 7) is 1.93. The van der Waals surface area contributed by atoms with Crippen LogP contribution in [-0.2, 0) is 10.0 Å². The third-order valence-corrected chi connectivity index (χ3v) is 6.55. The second-order valence-electron chi connectivity index (χ2n) is 5.99. The molecule has 2 aliphatic rings. The van der Waals surface area contributed by atoms with Gasteiger partial charge in [0.05, 0.1) is 17.6 Å². The fourth-order valence-corrected chi connectivity index (χ4v) is 4.96. The van der Waals surface area contributed by atoms with Crippen LogP contribution in [0.4, 0.5) is 0 Å². The maximum absolute atomic E-state index is 12.9. The predicted octanol–water partition coefficient (Wildman–Crippen LogP) is 0.167. The topological polar surface area (TPSA) is 102 Å². The van der Waals surface area contributed by atoms with E-state index < -0.39 is 15.9 Å². The van der Waals surface area contributed by atoms with E-state index in [0.717, 1.165) is 19.4 Å². The third kappa shape index (κ3) is 2.93. The van der Waals surface area contributed by atoms with Gasteiger partial charge in [-0.2, -0.15) is 4.31 Å². The second-order valence-corrected chi connectivity index (χ2v) is 7.93. The highest BCUT2D eigenvalue weighted by molar-refractivity contribution is 7.89. The Labute approximate surface area is 135 Å². The van der Waals surface area contributed by atoms with E-state index in [4.69, 9.17) is 10.5 Å². The molecule has 2 saturated heterocycles. The minimum atomic E-state index is -3.64. The summed E-state index contributed by atoms with van der Waals surface area (Å²) in [6, 6.07) is 4.64. The van der Waals surface area contributed by atoms with Gasteiger partial charge >= 0.3 is 0 Å². The number of amides is 1. The number of nitrogens with zero attached hydrogens (tertiary/aromatic N) is 1. The van der Waals surface area contributed by atoms with Crippen LogP contribution >= 0.6 is 0 Å². The zero-order valence-electron chi connectivity index (χ0n) is 13.0. The first-order valence-electron chi connectivity index (χ1n) is 7.65. The van der Waals surface area contributed by atoms with Crippen LogP contribution in [0, 0.1) is 5.92 Å². The Kier molecular flexibility index (Phi) is 4.31. The summed E-state index contributed by atoms with van der Waals surface area (Å²) < 4.78 is 32.3. The molecule has 1 aromatic rings. The number of hydrogen-bond donors (Lipinski definition) is 2. The van der Waals surface area contributed by atoms with E-state index in [2.05, 4.69) is 5.32 Å². The van der Waals surface area contributed by atoms with Crippen molar-refractivity contribution in [1.29, 1.82) is 0 Å². The van der Waals surface area contributed by atoms with E-state index in [9.17, 15) is 13.2 Å². The summed E-state index contributed by atoms with van der Waals surface area (Å²) in [7, 11) is -2.23. The molecule has 0 radical (unpaired) electrons.